The first-order chi connectivity index (χ1) is 5.07. The molecule has 0 heterocycles. The number of hydrogen-bond donors (Lipinski definition) is 1. The number of rotatable bonds is 5. The van der Waals surface area contributed by atoms with Crippen molar-refractivity contribution < 1.29 is 5.11 Å². The Morgan fingerprint density at radius 1 is 1.36 bits per heavy atom. The molecule has 0 saturated heterocycles. The smallest absolute Gasteiger partial charge is 0.0496 e. The summed E-state index contributed by atoms with van der Waals surface area (Å²) in [6.07, 6.45) is 1.96. The van der Waals surface area contributed by atoms with Crippen LogP contribution in [-0.4, -0.2) is 11.7 Å². The minimum absolute atomic E-state index is 0.211. The van der Waals surface area contributed by atoms with E-state index < -0.39 is 0 Å². The second kappa shape index (κ2) is 5.14. The van der Waals surface area contributed by atoms with Gasteiger partial charge in [0.25, 0.3) is 0 Å². The highest BCUT2D eigenvalue weighted by atomic mass is 16.3. The molecular formula is C10H18O. The fourth-order valence-electron chi connectivity index (χ4n) is 0.914. The van der Waals surface area contributed by atoms with E-state index in [-0.39, 0.29) is 12.5 Å². The summed E-state index contributed by atoms with van der Waals surface area (Å²) in [5, 5.41) is 8.92. The van der Waals surface area contributed by atoms with Gasteiger partial charge in [0, 0.05) is 12.5 Å². The molecule has 64 valence electrons. The predicted octanol–water partition coefficient (Wildman–Crippen LogP) is 2.53. The van der Waals surface area contributed by atoms with Crippen LogP contribution in [0.25, 0.3) is 0 Å². The van der Waals surface area contributed by atoms with E-state index in [1.54, 1.807) is 0 Å². The Kier molecular flexibility index (Phi) is 4.88. The van der Waals surface area contributed by atoms with Crippen molar-refractivity contribution in [2.24, 2.45) is 5.92 Å². The molecule has 1 N–H and O–H groups in total. The molecule has 0 aliphatic rings. The Hall–Kier alpha value is -0.560. The molecule has 0 aliphatic heterocycles. The minimum Gasteiger partial charge on any atom is -0.396 e. The van der Waals surface area contributed by atoms with E-state index in [2.05, 4.69) is 13.2 Å². The highest BCUT2D eigenvalue weighted by Crippen LogP contribution is 2.16. The van der Waals surface area contributed by atoms with Crippen LogP contribution in [0.2, 0.25) is 0 Å². The highest BCUT2D eigenvalue weighted by molar-refractivity contribution is 4.98. The van der Waals surface area contributed by atoms with E-state index in [1.807, 2.05) is 13.8 Å². The van der Waals surface area contributed by atoms with E-state index in [0.29, 0.717) is 0 Å². The molecule has 0 spiro atoms. The zero-order chi connectivity index (χ0) is 8.85. The molecule has 0 radical (unpaired) electrons. The number of aliphatic hydroxyl groups excluding tert-OH is 1. The molecule has 0 fully saturated rings. The molecule has 0 bridgehead atoms. The summed E-state index contributed by atoms with van der Waals surface area (Å²) >= 11 is 0. The standard InChI is InChI=1S/C10H18O/c1-8(2)5-6-10(7-11)9(3)4/h10-11H,1,3,5-7H2,2,4H3. The fourth-order valence-corrected chi connectivity index (χ4v) is 0.914. The van der Waals surface area contributed by atoms with Crippen molar-refractivity contribution in [1.29, 1.82) is 0 Å². The molecule has 0 aliphatic carbocycles. The summed E-state index contributed by atoms with van der Waals surface area (Å²) in [5.74, 6) is 0.256. The Morgan fingerprint density at radius 2 is 1.91 bits per heavy atom. The van der Waals surface area contributed by atoms with E-state index in [9.17, 15) is 0 Å². The summed E-state index contributed by atoms with van der Waals surface area (Å²) < 4.78 is 0. The maximum Gasteiger partial charge on any atom is 0.0496 e. The molecule has 0 saturated carbocycles. The van der Waals surface area contributed by atoms with Gasteiger partial charge in [0.2, 0.25) is 0 Å². The van der Waals surface area contributed by atoms with Crippen molar-refractivity contribution in [3.05, 3.63) is 24.3 Å². The molecule has 1 unspecified atom stereocenters. The van der Waals surface area contributed by atoms with Gasteiger partial charge in [-0.2, -0.15) is 0 Å². The zero-order valence-electron chi connectivity index (χ0n) is 7.56. The lowest BCUT2D eigenvalue weighted by atomic mass is 9.96. The third kappa shape index (κ3) is 4.79. The molecule has 11 heavy (non-hydrogen) atoms. The third-order valence-electron chi connectivity index (χ3n) is 1.84. The Morgan fingerprint density at radius 3 is 2.18 bits per heavy atom. The van der Waals surface area contributed by atoms with Gasteiger partial charge in [0.1, 0.15) is 0 Å². The van der Waals surface area contributed by atoms with Gasteiger partial charge in [-0.15, -0.1) is 6.58 Å². The third-order valence-corrected chi connectivity index (χ3v) is 1.84. The average Bonchev–Trinajstić information content (AvgIpc) is 1.87. The van der Waals surface area contributed by atoms with Gasteiger partial charge in [-0.3, -0.25) is 0 Å². The maximum atomic E-state index is 8.92. The predicted molar refractivity (Wildman–Crippen MR) is 49.4 cm³/mol. The van der Waals surface area contributed by atoms with Crippen LogP contribution in [0.5, 0.6) is 0 Å². The van der Waals surface area contributed by atoms with Crippen molar-refractivity contribution in [1.82, 2.24) is 0 Å². The quantitative estimate of drug-likeness (QED) is 0.603. The highest BCUT2D eigenvalue weighted by Gasteiger charge is 2.06. The average molecular weight is 154 g/mol. The van der Waals surface area contributed by atoms with Gasteiger partial charge in [0.05, 0.1) is 0 Å². The topological polar surface area (TPSA) is 20.2 Å². The van der Waals surface area contributed by atoms with Gasteiger partial charge < -0.3 is 5.11 Å². The molecule has 0 aromatic heterocycles. The summed E-state index contributed by atoms with van der Waals surface area (Å²) in [6, 6.07) is 0. The molecule has 1 atom stereocenters. The monoisotopic (exact) mass is 154 g/mol. The van der Waals surface area contributed by atoms with Gasteiger partial charge in [-0.25, -0.2) is 0 Å². The Balaban J connectivity index is 3.70. The van der Waals surface area contributed by atoms with Gasteiger partial charge >= 0.3 is 0 Å². The van der Waals surface area contributed by atoms with Crippen LogP contribution < -0.4 is 0 Å². The molecular weight excluding hydrogens is 136 g/mol. The summed E-state index contributed by atoms with van der Waals surface area (Å²) in [7, 11) is 0. The molecule has 1 heteroatoms. The lowest BCUT2D eigenvalue weighted by Crippen LogP contribution is -2.06. The lowest BCUT2D eigenvalue weighted by molar-refractivity contribution is 0.240. The van der Waals surface area contributed by atoms with Crippen molar-refractivity contribution in [3.63, 3.8) is 0 Å². The SMILES string of the molecule is C=C(C)CCC(CO)C(=C)C. The van der Waals surface area contributed by atoms with Crippen LogP contribution in [0.1, 0.15) is 26.7 Å². The van der Waals surface area contributed by atoms with Crippen molar-refractivity contribution in [2.75, 3.05) is 6.61 Å². The molecule has 0 aromatic carbocycles. The van der Waals surface area contributed by atoms with E-state index in [0.717, 1.165) is 18.4 Å². The lowest BCUT2D eigenvalue weighted by Gasteiger charge is -2.13. The number of aliphatic hydroxyl groups is 1. The summed E-state index contributed by atoms with van der Waals surface area (Å²) in [4.78, 5) is 0. The van der Waals surface area contributed by atoms with Gasteiger partial charge in [-0.05, 0) is 26.7 Å². The van der Waals surface area contributed by atoms with E-state index in [1.165, 1.54) is 5.57 Å². The fraction of sp³-hybridized carbons (Fsp3) is 0.600. The normalized spacial score (nSPS) is 12.6. The largest absolute Gasteiger partial charge is 0.396 e. The van der Waals surface area contributed by atoms with Gasteiger partial charge in [0.15, 0.2) is 0 Å². The van der Waals surface area contributed by atoms with E-state index in [4.69, 9.17) is 5.11 Å². The number of hydrogen-bond acceptors (Lipinski definition) is 1. The Labute approximate surface area is 69.4 Å². The molecule has 0 aromatic rings. The minimum atomic E-state index is 0.211. The second-order valence-electron chi connectivity index (χ2n) is 3.22. The van der Waals surface area contributed by atoms with Crippen LogP contribution in [0.15, 0.2) is 24.3 Å². The van der Waals surface area contributed by atoms with Crippen molar-refractivity contribution in [3.8, 4) is 0 Å². The van der Waals surface area contributed by atoms with Crippen LogP contribution in [0, 0.1) is 5.92 Å². The maximum absolute atomic E-state index is 8.92. The Bertz CT molecular complexity index is 147. The van der Waals surface area contributed by atoms with Crippen LogP contribution in [-0.2, 0) is 0 Å². The number of allylic oxidation sites excluding steroid dienone is 1. The summed E-state index contributed by atoms with van der Waals surface area (Å²) in [6.45, 7) is 11.8. The summed E-state index contributed by atoms with van der Waals surface area (Å²) in [5.41, 5.74) is 2.23. The second-order valence-corrected chi connectivity index (χ2v) is 3.22. The van der Waals surface area contributed by atoms with E-state index >= 15 is 0 Å². The van der Waals surface area contributed by atoms with Gasteiger partial charge in [-0.1, -0.05) is 17.7 Å². The first-order valence-corrected chi connectivity index (χ1v) is 3.98. The first kappa shape index (κ1) is 10.4. The van der Waals surface area contributed by atoms with Crippen molar-refractivity contribution in [2.45, 2.75) is 26.7 Å². The van der Waals surface area contributed by atoms with Crippen LogP contribution >= 0.6 is 0 Å². The molecule has 0 amide bonds. The molecule has 1 nitrogen and oxygen atoms in total. The van der Waals surface area contributed by atoms with Crippen molar-refractivity contribution >= 4 is 0 Å². The first-order valence-electron chi connectivity index (χ1n) is 3.98. The zero-order valence-corrected chi connectivity index (χ0v) is 7.56. The molecule has 0 rings (SSSR count). The van der Waals surface area contributed by atoms with Crippen LogP contribution in [0.4, 0.5) is 0 Å². The van der Waals surface area contributed by atoms with Crippen LogP contribution in [0.3, 0.4) is 0 Å².